The number of ether oxygens (including phenoxy) is 1. The van der Waals surface area contributed by atoms with Gasteiger partial charge in [-0.3, -0.25) is 9.59 Å². The Labute approximate surface area is 169 Å². The fourth-order valence-corrected chi connectivity index (χ4v) is 3.53. The summed E-state index contributed by atoms with van der Waals surface area (Å²) >= 11 is 3.29. The molecule has 8 nitrogen and oxygen atoms in total. The van der Waals surface area contributed by atoms with Gasteiger partial charge in [0.1, 0.15) is 18.0 Å². The number of carbonyl (C=O) groups excluding carboxylic acids is 3. The predicted octanol–water partition coefficient (Wildman–Crippen LogP) is 2.77. The number of phenolic OH excluding ortho intramolecular Hbond substituents is 1. The van der Waals surface area contributed by atoms with Gasteiger partial charge in [-0.2, -0.15) is 10.1 Å². The summed E-state index contributed by atoms with van der Waals surface area (Å²) in [7, 11) is 0. The molecule has 3 rings (SSSR count). The SMILES string of the molecule is CCOC(=O)c1c(C)c2n(c1C)CC(=O)N(N=Cc1cc(Br)ccc1O)C2=O. The lowest BCUT2D eigenvalue weighted by atomic mass is 10.1. The Hall–Kier alpha value is -2.94. The molecule has 0 saturated heterocycles. The number of amides is 2. The van der Waals surface area contributed by atoms with Crippen molar-refractivity contribution in [2.24, 2.45) is 5.10 Å². The molecule has 1 aromatic heterocycles. The van der Waals surface area contributed by atoms with Crippen molar-refractivity contribution in [3.63, 3.8) is 0 Å². The number of nitrogens with zero attached hydrogens (tertiary/aromatic N) is 3. The van der Waals surface area contributed by atoms with Crippen molar-refractivity contribution in [1.29, 1.82) is 0 Å². The second-order valence-electron chi connectivity index (χ2n) is 6.20. The average molecular weight is 448 g/mol. The van der Waals surface area contributed by atoms with Crippen molar-refractivity contribution in [3.8, 4) is 5.75 Å². The van der Waals surface area contributed by atoms with E-state index in [4.69, 9.17) is 4.74 Å². The third kappa shape index (κ3) is 3.33. The van der Waals surface area contributed by atoms with Crippen LogP contribution in [-0.4, -0.2) is 45.3 Å². The van der Waals surface area contributed by atoms with Gasteiger partial charge < -0.3 is 14.4 Å². The van der Waals surface area contributed by atoms with Gasteiger partial charge in [0.15, 0.2) is 0 Å². The van der Waals surface area contributed by atoms with Crippen molar-refractivity contribution < 1.29 is 24.2 Å². The van der Waals surface area contributed by atoms with Crippen LogP contribution in [0.15, 0.2) is 27.8 Å². The van der Waals surface area contributed by atoms with Gasteiger partial charge in [-0.25, -0.2) is 4.79 Å². The lowest BCUT2D eigenvalue weighted by Gasteiger charge is -2.23. The first kappa shape index (κ1) is 19.8. The first-order chi connectivity index (χ1) is 13.3. The van der Waals surface area contributed by atoms with Gasteiger partial charge in [0.05, 0.1) is 18.4 Å². The fourth-order valence-electron chi connectivity index (χ4n) is 3.15. The third-order valence-corrected chi connectivity index (χ3v) is 4.97. The zero-order valence-electron chi connectivity index (χ0n) is 15.5. The normalized spacial score (nSPS) is 13.9. The highest BCUT2D eigenvalue weighted by atomic mass is 79.9. The van der Waals surface area contributed by atoms with Gasteiger partial charge >= 0.3 is 5.97 Å². The van der Waals surface area contributed by atoms with Crippen molar-refractivity contribution in [3.05, 3.63) is 50.8 Å². The highest BCUT2D eigenvalue weighted by Crippen LogP contribution is 2.28. The lowest BCUT2D eigenvalue weighted by Crippen LogP contribution is -2.42. The van der Waals surface area contributed by atoms with Gasteiger partial charge in [-0.05, 0) is 44.5 Å². The maximum atomic E-state index is 12.9. The van der Waals surface area contributed by atoms with Crippen LogP contribution >= 0.6 is 15.9 Å². The largest absolute Gasteiger partial charge is 0.507 e. The molecule has 2 aromatic rings. The van der Waals surface area contributed by atoms with Crippen molar-refractivity contribution in [2.75, 3.05) is 6.61 Å². The molecule has 0 unspecified atom stereocenters. The molecule has 1 N–H and O–H groups in total. The van der Waals surface area contributed by atoms with E-state index in [1.54, 1.807) is 32.9 Å². The third-order valence-electron chi connectivity index (χ3n) is 4.47. The Morgan fingerprint density at radius 1 is 1.36 bits per heavy atom. The molecule has 1 aliphatic rings. The zero-order valence-corrected chi connectivity index (χ0v) is 17.1. The van der Waals surface area contributed by atoms with Crippen LogP contribution in [-0.2, 0) is 16.1 Å². The number of imide groups is 1. The number of rotatable bonds is 4. The van der Waals surface area contributed by atoms with Crippen molar-refractivity contribution in [2.45, 2.75) is 27.3 Å². The van der Waals surface area contributed by atoms with Gasteiger partial charge in [-0.15, -0.1) is 0 Å². The molecule has 0 bridgehead atoms. The van der Waals surface area contributed by atoms with E-state index < -0.39 is 17.8 Å². The number of phenols is 1. The summed E-state index contributed by atoms with van der Waals surface area (Å²) in [4.78, 5) is 37.7. The predicted molar refractivity (Wildman–Crippen MR) is 104 cm³/mol. The number of hydrogen-bond acceptors (Lipinski definition) is 6. The maximum absolute atomic E-state index is 12.9. The van der Waals surface area contributed by atoms with E-state index in [2.05, 4.69) is 21.0 Å². The van der Waals surface area contributed by atoms with Gasteiger partial charge in [-0.1, -0.05) is 15.9 Å². The Kier molecular flexibility index (Phi) is 5.37. The molecule has 1 aliphatic heterocycles. The average Bonchev–Trinajstić information content (AvgIpc) is 2.88. The second-order valence-corrected chi connectivity index (χ2v) is 7.11. The number of halogens is 1. The first-order valence-electron chi connectivity index (χ1n) is 8.52. The topological polar surface area (TPSA) is 101 Å². The summed E-state index contributed by atoms with van der Waals surface area (Å²) in [6.07, 6.45) is 1.24. The van der Waals surface area contributed by atoms with Gasteiger partial charge in [0.25, 0.3) is 11.8 Å². The number of fused-ring (bicyclic) bond motifs is 1. The highest BCUT2D eigenvalue weighted by molar-refractivity contribution is 9.10. The van der Waals surface area contributed by atoms with E-state index in [1.165, 1.54) is 16.8 Å². The van der Waals surface area contributed by atoms with Crippen molar-refractivity contribution in [1.82, 2.24) is 9.58 Å². The van der Waals surface area contributed by atoms with E-state index in [-0.39, 0.29) is 30.2 Å². The molecule has 0 atom stereocenters. The minimum Gasteiger partial charge on any atom is -0.507 e. The second kappa shape index (κ2) is 7.59. The van der Waals surface area contributed by atoms with Crippen LogP contribution < -0.4 is 0 Å². The standard InChI is InChI=1S/C19H18BrN3O5/c1-4-28-19(27)16-10(2)17-18(26)23(15(25)9-22(17)11(16)3)21-8-12-7-13(20)5-6-14(12)24/h5-8,24H,4,9H2,1-3H3. The van der Waals surface area contributed by atoms with E-state index in [9.17, 15) is 19.5 Å². The summed E-state index contributed by atoms with van der Waals surface area (Å²) in [5.74, 6) is -1.76. The van der Waals surface area contributed by atoms with Crippen molar-refractivity contribution >= 4 is 39.9 Å². The van der Waals surface area contributed by atoms with Crippen LogP contribution in [0.1, 0.15) is 44.6 Å². The van der Waals surface area contributed by atoms with E-state index in [0.717, 1.165) is 5.01 Å². The Bertz CT molecular complexity index is 1030. The molecule has 146 valence electrons. The van der Waals surface area contributed by atoms with Crippen LogP contribution in [0.3, 0.4) is 0 Å². The zero-order chi connectivity index (χ0) is 20.6. The molecule has 0 spiro atoms. The molecule has 28 heavy (non-hydrogen) atoms. The number of esters is 1. The van der Waals surface area contributed by atoms with Crippen LogP contribution in [0.2, 0.25) is 0 Å². The molecule has 9 heteroatoms. The molecule has 0 aliphatic carbocycles. The molecule has 2 heterocycles. The van der Waals surface area contributed by atoms with Crippen LogP contribution in [0, 0.1) is 13.8 Å². The monoisotopic (exact) mass is 447 g/mol. The maximum Gasteiger partial charge on any atom is 0.340 e. The number of hydrazone groups is 1. The number of hydrogen-bond donors (Lipinski definition) is 1. The van der Waals surface area contributed by atoms with E-state index in [0.29, 0.717) is 21.3 Å². The van der Waals surface area contributed by atoms with Crippen LogP contribution in [0.25, 0.3) is 0 Å². The van der Waals surface area contributed by atoms with E-state index in [1.807, 2.05) is 0 Å². The van der Waals surface area contributed by atoms with Gasteiger partial charge in [0.2, 0.25) is 0 Å². The fraction of sp³-hybridized carbons (Fsp3) is 0.263. The highest BCUT2D eigenvalue weighted by Gasteiger charge is 2.37. The number of benzene rings is 1. The summed E-state index contributed by atoms with van der Waals surface area (Å²) in [6.45, 7) is 5.08. The molecule has 0 fully saturated rings. The summed E-state index contributed by atoms with van der Waals surface area (Å²) in [6, 6.07) is 4.73. The molecule has 1 aromatic carbocycles. The minimum absolute atomic E-state index is 0.0381. The van der Waals surface area contributed by atoms with Crippen LogP contribution in [0.5, 0.6) is 5.75 Å². The molecule has 2 amide bonds. The van der Waals surface area contributed by atoms with Crippen LogP contribution in [0.4, 0.5) is 0 Å². The minimum atomic E-state index is -0.641. The summed E-state index contributed by atoms with van der Waals surface area (Å²) in [5.41, 5.74) is 1.79. The summed E-state index contributed by atoms with van der Waals surface area (Å²) in [5, 5.41) is 14.6. The summed E-state index contributed by atoms with van der Waals surface area (Å²) < 4.78 is 7.28. The van der Waals surface area contributed by atoms with E-state index >= 15 is 0 Å². The van der Waals surface area contributed by atoms with Gasteiger partial charge in [0, 0.05) is 15.7 Å². The molecular formula is C19H18BrN3O5. The quantitative estimate of drug-likeness (QED) is 0.441. The number of aromatic nitrogens is 1. The number of aromatic hydroxyl groups is 1. The Balaban J connectivity index is 2.00. The Morgan fingerprint density at radius 3 is 2.75 bits per heavy atom. The number of carbonyl (C=O) groups is 3. The smallest absolute Gasteiger partial charge is 0.340 e. The first-order valence-corrected chi connectivity index (χ1v) is 9.32. The molecular weight excluding hydrogens is 430 g/mol. The molecule has 0 radical (unpaired) electrons. The lowest BCUT2D eigenvalue weighted by molar-refractivity contribution is -0.130. The molecule has 0 saturated carbocycles. The Morgan fingerprint density at radius 2 is 2.07 bits per heavy atom.